The minimum Gasteiger partial charge on any atom is -0.492 e. The lowest BCUT2D eigenvalue weighted by Crippen LogP contribution is -2.39. The van der Waals surface area contributed by atoms with Gasteiger partial charge in [-0.2, -0.15) is 0 Å². The smallest absolute Gasteiger partial charge is 0.122 e. The number of hydrogen-bond acceptors (Lipinski definition) is 3. The van der Waals surface area contributed by atoms with Gasteiger partial charge in [-0.05, 0) is 88.1 Å². The summed E-state index contributed by atoms with van der Waals surface area (Å²) in [5.41, 5.74) is 4.90. The lowest BCUT2D eigenvalue weighted by atomic mass is 10.1. The maximum atomic E-state index is 6.04. The molecular weight excluding hydrogens is 416 g/mol. The molecule has 4 heteroatoms. The van der Waals surface area contributed by atoms with E-state index >= 15 is 0 Å². The van der Waals surface area contributed by atoms with Gasteiger partial charge in [-0.15, -0.1) is 0 Å². The Hall–Kier alpha value is -2.80. The molecule has 2 aromatic carbocycles. The molecule has 0 atom stereocenters. The number of nitrogens with zero attached hydrogens (tertiary/aromatic N) is 2. The molecule has 3 nitrogen and oxygen atoms in total. The number of hydrogen-bond donors (Lipinski definition) is 0. The molecule has 3 aromatic rings. The van der Waals surface area contributed by atoms with Gasteiger partial charge in [0.2, 0.25) is 0 Å². The minimum absolute atomic E-state index is 0.506. The van der Waals surface area contributed by atoms with Crippen molar-refractivity contribution in [3.8, 4) is 28.7 Å². The van der Waals surface area contributed by atoms with Crippen LogP contribution >= 0.6 is 11.6 Å². The molecule has 0 spiro atoms. The Morgan fingerprint density at radius 1 is 0.906 bits per heavy atom. The molecule has 1 aromatic heterocycles. The number of aryl methyl sites for hydroxylation is 1. The van der Waals surface area contributed by atoms with Crippen LogP contribution in [0.1, 0.15) is 44.5 Å². The van der Waals surface area contributed by atoms with Crippen LogP contribution in [-0.2, 0) is 0 Å². The van der Waals surface area contributed by atoms with E-state index in [0.717, 1.165) is 45.3 Å². The predicted molar refractivity (Wildman–Crippen MR) is 134 cm³/mol. The van der Waals surface area contributed by atoms with Gasteiger partial charge < -0.3 is 4.74 Å². The molecule has 1 heterocycles. The van der Waals surface area contributed by atoms with E-state index in [1.54, 1.807) is 0 Å². The summed E-state index contributed by atoms with van der Waals surface area (Å²) in [7, 11) is 0. The van der Waals surface area contributed by atoms with Crippen molar-refractivity contribution in [3.63, 3.8) is 0 Å². The Bertz CT molecular complexity index is 1070. The highest BCUT2D eigenvalue weighted by atomic mass is 35.5. The lowest BCUT2D eigenvalue weighted by Gasteiger charge is -2.30. The number of aromatic nitrogens is 1. The summed E-state index contributed by atoms with van der Waals surface area (Å²) in [6, 6.07) is 18.8. The fraction of sp³-hybridized carbons (Fsp3) is 0.321. The second-order valence-corrected chi connectivity index (χ2v) is 8.88. The van der Waals surface area contributed by atoms with Gasteiger partial charge in [-0.25, -0.2) is 4.98 Å². The van der Waals surface area contributed by atoms with Gasteiger partial charge in [0, 0.05) is 41.0 Å². The number of halogens is 1. The van der Waals surface area contributed by atoms with Gasteiger partial charge in [0.25, 0.3) is 0 Å². The van der Waals surface area contributed by atoms with Crippen LogP contribution in [-0.4, -0.2) is 35.1 Å². The van der Waals surface area contributed by atoms with Crippen molar-refractivity contribution in [2.24, 2.45) is 0 Å². The molecule has 0 amide bonds. The Kier molecular flexibility index (Phi) is 8.33. The highest BCUT2D eigenvalue weighted by molar-refractivity contribution is 6.30. The molecule has 3 rings (SSSR count). The minimum atomic E-state index is 0.506. The average molecular weight is 447 g/mol. The van der Waals surface area contributed by atoms with Gasteiger partial charge in [0.15, 0.2) is 0 Å². The molecule has 0 saturated heterocycles. The van der Waals surface area contributed by atoms with Gasteiger partial charge in [0.1, 0.15) is 18.1 Å². The van der Waals surface area contributed by atoms with Gasteiger partial charge in [0.05, 0.1) is 0 Å². The quantitative estimate of drug-likeness (QED) is 0.382. The molecule has 0 N–H and O–H groups in total. The van der Waals surface area contributed by atoms with Gasteiger partial charge in [-0.3, -0.25) is 4.90 Å². The largest absolute Gasteiger partial charge is 0.492 e. The second kappa shape index (κ2) is 11.2. The Morgan fingerprint density at radius 2 is 1.59 bits per heavy atom. The monoisotopic (exact) mass is 446 g/mol. The third-order valence-corrected chi connectivity index (χ3v) is 5.64. The van der Waals surface area contributed by atoms with Crippen LogP contribution in [0, 0.1) is 18.8 Å². The predicted octanol–water partition coefficient (Wildman–Crippen LogP) is 6.61. The summed E-state index contributed by atoms with van der Waals surface area (Å²) >= 11 is 5.96. The number of ether oxygens (including phenoxy) is 1. The molecule has 0 saturated carbocycles. The van der Waals surface area contributed by atoms with Gasteiger partial charge in [-0.1, -0.05) is 35.7 Å². The average Bonchev–Trinajstić information content (AvgIpc) is 2.77. The van der Waals surface area contributed by atoms with Crippen molar-refractivity contribution < 1.29 is 4.74 Å². The zero-order valence-electron chi connectivity index (χ0n) is 19.5. The first-order valence-electron chi connectivity index (χ1n) is 11.1. The molecule has 0 aliphatic rings. The highest BCUT2D eigenvalue weighted by Crippen LogP contribution is 2.21. The molecule has 32 heavy (non-hydrogen) atoms. The third kappa shape index (κ3) is 6.60. The fourth-order valence-electron chi connectivity index (χ4n) is 3.68. The maximum absolute atomic E-state index is 6.04. The van der Waals surface area contributed by atoms with E-state index in [2.05, 4.69) is 62.4 Å². The second-order valence-electron chi connectivity index (χ2n) is 8.44. The molecule has 166 valence electrons. The summed E-state index contributed by atoms with van der Waals surface area (Å²) in [5.74, 6) is 7.27. The van der Waals surface area contributed by atoms with Crippen LogP contribution in [0.2, 0.25) is 5.02 Å². The van der Waals surface area contributed by atoms with Crippen molar-refractivity contribution in [3.05, 3.63) is 82.6 Å². The zero-order valence-corrected chi connectivity index (χ0v) is 20.3. The van der Waals surface area contributed by atoms with Crippen LogP contribution in [0.4, 0.5) is 0 Å². The fourth-order valence-corrected chi connectivity index (χ4v) is 3.81. The van der Waals surface area contributed by atoms with E-state index in [1.165, 1.54) is 0 Å². The van der Waals surface area contributed by atoms with Crippen molar-refractivity contribution in [2.45, 2.75) is 46.7 Å². The Morgan fingerprint density at radius 3 is 2.19 bits per heavy atom. The molecule has 0 aliphatic heterocycles. The summed E-state index contributed by atoms with van der Waals surface area (Å²) in [5, 5.41) is 0.726. The van der Waals surface area contributed by atoms with E-state index in [4.69, 9.17) is 16.3 Å². The molecule has 0 fully saturated rings. The third-order valence-electron chi connectivity index (χ3n) is 5.38. The molecular formula is C28H31ClN2O. The summed E-state index contributed by atoms with van der Waals surface area (Å²) in [6.45, 7) is 12.5. The number of rotatable bonds is 7. The van der Waals surface area contributed by atoms with Gasteiger partial charge >= 0.3 is 0 Å². The maximum Gasteiger partial charge on any atom is 0.122 e. The molecule has 0 aliphatic carbocycles. The molecule has 0 unspecified atom stereocenters. The van der Waals surface area contributed by atoms with Crippen molar-refractivity contribution in [2.75, 3.05) is 13.2 Å². The zero-order chi connectivity index (χ0) is 23.1. The van der Waals surface area contributed by atoms with Crippen LogP contribution in [0.5, 0.6) is 5.75 Å². The summed E-state index contributed by atoms with van der Waals surface area (Å²) < 4.78 is 6.04. The standard InChI is InChI=1S/C28H31ClN2O/c1-20(2)31(21(3)4)16-17-32-28-15-7-23(18-22(28)5)6-13-27-14-10-25(19-30-27)24-8-11-26(29)12-9-24/h7-12,14-15,18-21H,16-17H2,1-5H3. The first-order valence-corrected chi connectivity index (χ1v) is 11.4. The van der Waals surface area contributed by atoms with Crippen molar-refractivity contribution in [1.29, 1.82) is 0 Å². The van der Waals surface area contributed by atoms with Crippen molar-refractivity contribution in [1.82, 2.24) is 9.88 Å². The SMILES string of the molecule is Cc1cc(C#Cc2ccc(-c3ccc(Cl)cc3)cn2)ccc1OCCN(C(C)C)C(C)C. The topological polar surface area (TPSA) is 25.4 Å². The normalized spacial score (nSPS) is 11.0. The van der Waals surface area contributed by atoms with E-state index in [9.17, 15) is 0 Å². The first-order chi connectivity index (χ1) is 15.3. The lowest BCUT2D eigenvalue weighted by molar-refractivity contribution is 0.141. The highest BCUT2D eigenvalue weighted by Gasteiger charge is 2.13. The van der Waals surface area contributed by atoms with Crippen molar-refractivity contribution >= 4 is 11.6 Å². The number of benzene rings is 2. The van der Waals surface area contributed by atoms with Crippen LogP contribution < -0.4 is 4.74 Å². The van der Waals surface area contributed by atoms with Crippen LogP contribution in [0.3, 0.4) is 0 Å². The Balaban J connectivity index is 1.62. The van der Waals surface area contributed by atoms with E-state index in [-0.39, 0.29) is 0 Å². The van der Waals surface area contributed by atoms with E-state index in [1.807, 2.05) is 54.7 Å². The molecule has 0 bridgehead atoms. The van der Waals surface area contributed by atoms with E-state index < -0.39 is 0 Å². The van der Waals surface area contributed by atoms with Crippen LogP contribution in [0.25, 0.3) is 11.1 Å². The molecule has 0 radical (unpaired) electrons. The first kappa shape index (κ1) is 23.9. The number of pyridine rings is 1. The van der Waals surface area contributed by atoms with Crippen LogP contribution in [0.15, 0.2) is 60.8 Å². The Labute approximate surface area is 197 Å². The summed E-state index contributed by atoms with van der Waals surface area (Å²) in [6.07, 6.45) is 1.84. The summed E-state index contributed by atoms with van der Waals surface area (Å²) in [4.78, 5) is 6.91. The van der Waals surface area contributed by atoms with E-state index in [0.29, 0.717) is 18.7 Å².